The highest BCUT2D eigenvalue weighted by Crippen LogP contribution is 2.54. The molecule has 3 aliphatic heterocycles. The molecule has 1 N–H and O–H groups in total. The van der Waals surface area contributed by atoms with Crippen LogP contribution in [-0.2, 0) is 19.7 Å². The molecule has 2 fully saturated rings. The molecular formula is C23H25N3O3. The summed E-state index contributed by atoms with van der Waals surface area (Å²) in [7, 11) is 0. The minimum atomic E-state index is -0.759. The molecule has 0 saturated carbocycles. The van der Waals surface area contributed by atoms with E-state index in [1.54, 1.807) is 12.4 Å². The van der Waals surface area contributed by atoms with Crippen molar-refractivity contribution in [1.82, 2.24) is 9.88 Å². The van der Waals surface area contributed by atoms with Crippen LogP contribution in [0.3, 0.4) is 0 Å². The Kier molecular flexibility index (Phi) is 4.59. The second kappa shape index (κ2) is 7.26. The van der Waals surface area contributed by atoms with Crippen LogP contribution in [-0.4, -0.2) is 41.5 Å². The summed E-state index contributed by atoms with van der Waals surface area (Å²) in [5, 5.41) is 3.06. The van der Waals surface area contributed by atoms with E-state index in [4.69, 9.17) is 4.74 Å². The average molecular weight is 391 g/mol. The maximum absolute atomic E-state index is 13.4. The van der Waals surface area contributed by atoms with Crippen LogP contribution < -0.4 is 5.32 Å². The normalized spacial score (nSPS) is 26.6. The molecule has 6 nitrogen and oxygen atoms in total. The minimum absolute atomic E-state index is 0.0195. The van der Waals surface area contributed by atoms with E-state index in [0.29, 0.717) is 25.3 Å². The monoisotopic (exact) mass is 391 g/mol. The maximum Gasteiger partial charge on any atom is 0.237 e. The third-order valence-corrected chi connectivity index (χ3v) is 6.71. The molecule has 1 aromatic carbocycles. The van der Waals surface area contributed by atoms with Gasteiger partial charge in [-0.25, -0.2) is 0 Å². The summed E-state index contributed by atoms with van der Waals surface area (Å²) < 4.78 is 5.44. The van der Waals surface area contributed by atoms with E-state index >= 15 is 0 Å². The quantitative estimate of drug-likeness (QED) is 0.873. The molecule has 0 bridgehead atoms. The summed E-state index contributed by atoms with van der Waals surface area (Å²) >= 11 is 0. The number of anilines is 1. The number of benzene rings is 1. The third kappa shape index (κ3) is 2.94. The van der Waals surface area contributed by atoms with Crippen molar-refractivity contribution in [3.8, 4) is 0 Å². The molecule has 6 heteroatoms. The van der Waals surface area contributed by atoms with Crippen LogP contribution in [0.4, 0.5) is 5.69 Å². The first kappa shape index (κ1) is 18.3. The van der Waals surface area contributed by atoms with E-state index in [0.717, 1.165) is 42.9 Å². The van der Waals surface area contributed by atoms with Crippen molar-refractivity contribution in [3.05, 3.63) is 59.9 Å². The second-order valence-electron chi connectivity index (χ2n) is 8.26. The molecule has 0 radical (unpaired) electrons. The van der Waals surface area contributed by atoms with Crippen LogP contribution in [0.25, 0.3) is 0 Å². The summed E-state index contributed by atoms with van der Waals surface area (Å²) in [5.74, 6) is 0.459. The molecule has 2 saturated heterocycles. The number of para-hydroxylation sites is 1. The van der Waals surface area contributed by atoms with Gasteiger partial charge in [0.05, 0.1) is 6.04 Å². The molecule has 0 aliphatic carbocycles. The number of likely N-dealkylation sites (tertiary alicyclic amines) is 1. The number of fused-ring (bicyclic) bond motifs is 2. The number of aromatic nitrogens is 1. The Morgan fingerprint density at radius 1 is 1.21 bits per heavy atom. The highest BCUT2D eigenvalue weighted by Gasteiger charge is 2.59. The number of carbonyl (C=O) groups is 2. The summed E-state index contributed by atoms with van der Waals surface area (Å²) in [6, 6.07) is 11.4. The van der Waals surface area contributed by atoms with Crippen molar-refractivity contribution in [2.75, 3.05) is 25.1 Å². The van der Waals surface area contributed by atoms with E-state index in [-0.39, 0.29) is 17.9 Å². The Labute approximate surface area is 170 Å². The SMILES string of the molecule is O=C(CC1CCOCC1)N1CCC2(C(=O)Nc3ccccc32)C1c1cccnc1. The zero-order valence-electron chi connectivity index (χ0n) is 16.3. The lowest BCUT2D eigenvalue weighted by Crippen LogP contribution is -2.43. The fourth-order valence-electron chi connectivity index (χ4n) is 5.27. The largest absolute Gasteiger partial charge is 0.381 e. The van der Waals surface area contributed by atoms with E-state index < -0.39 is 5.41 Å². The van der Waals surface area contributed by atoms with Crippen LogP contribution in [0.15, 0.2) is 48.8 Å². The second-order valence-corrected chi connectivity index (χ2v) is 8.26. The standard InChI is InChI=1S/C23H25N3O3/c27-20(14-16-7-12-29-13-8-16)26-11-9-23(21(26)17-4-3-10-24-15-17)18-5-1-2-6-19(18)25-22(23)28/h1-6,10,15-16,21H,7-9,11-14H2,(H,25,28). The van der Waals surface area contributed by atoms with Gasteiger partial charge in [0.15, 0.2) is 0 Å². The molecule has 3 aliphatic rings. The maximum atomic E-state index is 13.4. The van der Waals surface area contributed by atoms with E-state index in [9.17, 15) is 9.59 Å². The number of pyridine rings is 1. The van der Waals surface area contributed by atoms with Crippen LogP contribution >= 0.6 is 0 Å². The first-order chi connectivity index (χ1) is 14.2. The molecule has 4 heterocycles. The molecule has 1 spiro atoms. The number of nitrogens with zero attached hydrogens (tertiary/aromatic N) is 2. The molecule has 29 heavy (non-hydrogen) atoms. The van der Waals surface area contributed by atoms with Gasteiger partial charge in [0.25, 0.3) is 0 Å². The van der Waals surface area contributed by atoms with E-state index in [1.165, 1.54) is 0 Å². The molecule has 2 aromatic rings. The number of hydrogen-bond donors (Lipinski definition) is 1. The number of ether oxygens (including phenoxy) is 1. The lowest BCUT2D eigenvalue weighted by Gasteiger charge is -2.35. The van der Waals surface area contributed by atoms with E-state index in [1.807, 2.05) is 41.3 Å². The van der Waals surface area contributed by atoms with Crippen molar-refractivity contribution >= 4 is 17.5 Å². The first-order valence-corrected chi connectivity index (χ1v) is 10.4. The summed E-state index contributed by atoms with van der Waals surface area (Å²) in [5.41, 5.74) is 1.99. The highest BCUT2D eigenvalue weighted by atomic mass is 16.5. The van der Waals surface area contributed by atoms with E-state index in [2.05, 4.69) is 10.3 Å². The first-order valence-electron chi connectivity index (χ1n) is 10.4. The van der Waals surface area contributed by atoms with Gasteiger partial charge < -0.3 is 15.0 Å². The van der Waals surface area contributed by atoms with Crippen molar-refractivity contribution in [2.45, 2.75) is 37.1 Å². The van der Waals surface area contributed by atoms with Gasteiger partial charge >= 0.3 is 0 Å². The summed E-state index contributed by atoms with van der Waals surface area (Å²) in [6.45, 7) is 2.02. The number of rotatable bonds is 3. The van der Waals surface area contributed by atoms with Crippen LogP contribution in [0.1, 0.15) is 42.9 Å². The zero-order chi connectivity index (χ0) is 19.8. The third-order valence-electron chi connectivity index (χ3n) is 6.71. The van der Waals surface area contributed by atoms with Crippen LogP contribution in [0.5, 0.6) is 0 Å². The Hall–Kier alpha value is -2.73. The van der Waals surface area contributed by atoms with Gasteiger partial charge in [0.1, 0.15) is 5.41 Å². The smallest absolute Gasteiger partial charge is 0.237 e. The average Bonchev–Trinajstić information content (AvgIpc) is 3.29. The molecule has 2 amide bonds. The van der Waals surface area contributed by atoms with Gasteiger partial charge in [0, 0.05) is 44.3 Å². The molecular weight excluding hydrogens is 366 g/mol. The highest BCUT2D eigenvalue weighted by molar-refractivity contribution is 6.07. The Bertz CT molecular complexity index is 926. The van der Waals surface area contributed by atoms with Gasteiger partial charge in [-0.3, -0.25) is 14.6 Å². The molecule has 150 valence electrons. The Morgan fingerprint density at radius 3 is 2.83 bits per heavy atom. The predicted molar refractivity (Wildman–Crippen MR) is 108 cm³/mol. The fraction of sp³-hybridized carbons (Fsp3) is 0.435. The van der Waals surface area contributed by atoms with Gasteiger partial charge in [-0.1, -0.05) is 24.3 Å². The van der Waals surface area contributed by atoms with Crippen LogP contribution in [0, 0.1) is 5.92 Å². The van der Waals surface area contributed by atoms with Gasteiger partial charge in [-0.15, -0.1) is 0 Å². The minimum Gasteiger partial charge on any atom is -0.381 e. The van der Waals surface area contributed by atoms with Gasteiger partial charge in [0.2, 0.25) is 11.8 Å². The molecule has 2 atom stereocenters. The fourth-order valence-corrected chi connectivity index (χ4v) is 5.27. The molecule has 5 rings (SSSR count). The Morgan fingerprint density at radius 2 is 2.03 bits per heavy atom. The van der Waals surface area contributed by atoms with Crippen molar-refractivity contribution in [3.63, 3.8) is 0 Å². The predicted octanol–water partition coefficient (Wildman–Crippen LogP) is 3.06. The topological polar surface area (TPSA) is 71.5 Å². The van der Waals surface area contributed by atoms with Crippen molar-refractivity contribution < 1.29 is 14.3 Å². The zero-order valence-corrected chi connectivity index (χ0v) is 16.3. The lowest BCUT2D eigenvalue weighted by molar-refractivity contribution is -0.135. The van der Waals surface area contributed by atoms with Gasteiger partial charge in [-0.2, -0.15) is 0 Å². The van der Waals surface area contributed by atoms with Crippen LogP contribution in [0.2, 0.25) is 0 Å². The number of hydrogen-bond acceptors (Lipinski definition) is 4. The van der Waals surface area contributed by atoms with Crippen molar-refractivity contribution in [2.24, 2.45) is 5.92 Å². The lowest BCUT2D eigenvalue weighted by atomic mass is 9.73. The number of amides is 2. The number of carbonyl (C=O) groups excluding carboxylic acids is 2. The Balaban J connectivity index is 1.54. The number of nitrogens with one attached hydrogen (secondary N) is 1. The molecule has 1 aromatic heterocycles. The molecule has 2 unspecified atom stereocenters. The summed E-state index contributed by atoms with van der Waals surface area (Å²) in [6.07, 6.45) is 6.49. The summed E-state index contributed by atoms with van der Waals surface area (Å²) in [4.78, 5) is 32.9. The van der Waals surface area contributed by atoms with Gasteiger partial charge in [-0.05, 0) is 48.4 Å². The van der Waals surface area contributed by atoms with Crippen molar-refractivity contribution in [1.29, 1.82) is 0 Å².